The van der Waals surface area contributed by atoms with Crippen LogP contribution in [0.3, 0.4) is 0 Å². The van der Waals surface area contributed by atoms with Crippen molar-refractivity contribution in [2.75, 3.05) is 0 Å². The Labute approximate surface area is 191 Å². The van der Waals surface area contributed by atoms with Crippen molar-refractivity contribution >= 4 is 5.78 Å². The highest BCUT2D eigenvalue weighted by Crippen LogP contribution is 2.39. The van der Waals surface area contributed by atoms with Gasteiger partial charge in [0.15, 0.2) is 0 Å². The Morgan fingerprint density at radius 2 is 1.97 bits per heavy atom. The van der Waals surface area contributed by atoms with Gasteiger partial charge in [0.05, 0.1) is 6.54 Å². The van der Waals surface area contributed by atoms with E-state index in [4.69, 9.17) is 4.52 Å². The van der Waals surface area contributed by atoms with E-state index in [1.165, 1.54) is 22.3 Å². The second kappa shape index (κ2) is 8.35. The third-order valence-corrected chi connectivity index (χ3v) is 6.80. The highest BCUT2D eigenvalue weighted by Gasteiger charge is 2.29. The van der Waals surface area contributed by atoms with E-state index in [2.05, 4.69) is 37.7 Å². The molecule has 2 aromatic carbocycles. The smallest absolute Gasteiger partial charge is 0.240 e. The molecule has 0 radical (unpaired) electrons. The highest BCUT2D eigenvalue weighted by atomic mass is 16.5. The van der Waals surface area contributed by atoms with Crippen LogP contribution in [0.5, 0.6) is 0 Å². The van der Waals surface area contributed by atoms with Crippen LogP contribution in [0.2, 0.25) is 0 Å². The Balaban J connectivity index is 1.13. The fourth-order valence-electron chi connectivity index (χ4n) is 4.71. The van der Waals surface area contributed by atoms with E-state index in [1.54, 1.807) is 0 Å². The number of fused-ring (bicyclic) bond motifs is 1. The first-order valence-electron chi connectivity index (χ1n) is 11.5. The quantitative estimate of drug-likeness (QED) is 0.394. The van der Waals surface area contributed by atoms with Crippen LogP contribution >= 0.6 is 0 Å². The van der Waals surface area contributed by atoms with E-state index >= 15 is 0 Å². The van der Waals surface area contributed by atoms with Crippen LogP contribution in [-0.2, 0) is 13.0 Å². The summed E-state index contributed by atoms with van der Waals surface area (Å²) < 4.78 is 5.48. The maximum absolute atomic E-state index is 12.9. The SMILES string of the molecule is O=C(C[C@@H]1CCc2cc(-c3noc(C4CCC4)n3)ccc21)c1nnn(Cc2ccccc2)n1. The summed E-state index contributed by atoms with van der Waals surface area (Å²) in [6.45, 7) is 0.495. The molecule has 1 fully saturated rings. The molecule has 2 heterocycles. The Kier molecular flexibility index (Phi) is 5.05. The molecule has 33 heavy (non-hydrogen) atoms. The van der Waals surface area contributed by atoms with Crippen molar-refractivity contribution in [3.05, 3.63) is 76.9 Å². The van der Waals surface area contributed by atoms with Crippen LogP contribution in [-0.4, -0.2) is 36.1 Å². The molecule has 6 rings (SSSR count). The van der Waals surface area contributed by atoms with Gasteiger partial charge in [-0.3, -0.25) is 4.79 Å². The van der Waals surface area contributed by atoms with Crippen molar-refractivity contribution in [1.29, 1.82) is 0 Å². The number of hydrogen-bond donors (Lipinski definition) is 0. The molecule has 0 saturated heterocycles. The first-order chi connectivity index (χ1) is 16.2. The summed E-state index contributed by atoms with van der Waals surface area (Å²) in [7, 11) is 0. The third-order valence-electron chi connectivity index (χ3n) is 6.80. The molecule has 2 aliphatic carbocycles. The number of carbonyl (C=O) groups is 1. The third kappa shape index (κ3) is 3.97. The lowest BCUT2D eigenvalue weighted by Crippen LogP contribution is -2.09. The predicted molar refractivity (Wildman–Crippen MR) is 120 cm³/mol. The van der Waals surface area contributed by atoms with Crippen LogP contribution in [0.1, 0.15) is 77.1 Å². The number of aryl methyl sites for hydroxylation is 1. The summed E-state index contributed by atoms with van der Waals surface area (Å²) in [6.07, 6.45) is 5.76. The number of carbonyl (C=O) groups excluding carboxylic acids is 1. The van der Waals surface area contributed by atoms with Crippen molar-refractivity contribution < 1.29 is 9.32 Å². The van der Waals surface area contributed by atoms with Crippen LogP contribution in [0, 0.1) is 0 Å². The largest absolute Gasteiger partial charge is 0.339 e. The topological polar surface area (TPSA) is 99.6 Å². The van der Waals surface area contributed by atoms with Gasteiger partial charge in [0, 0.05) is 17.9 Å². The molecule has 8 heteroatoms. The van der Waals surface area contributed by atoms with Crippen LogP contribution in [0.25, 0.3) is 11.4 Å². The minimum atomic E-state index is -0.0699. The number of Topliss-reactive ketones (excluding diaryl/α,β-unsaturated/α-hetero) is 1. The number of aromatic nitrogens is 6. The molecule has 1 atom stereocenters. The fraction of sp³-hybridized carbons (Fsp3) is 0.360. The Bertz CT molecular complexity index is 1290. The van der Waals surface area contributed by atoms with Gasteiger partial charge in [0.1, 0.15) is 0 Å². The number of hydrogen-bond acceptors (Lipinski definition) is 7. The monoisotopic (exact) mass is 440 g/mol. The Morgan fingerprint density at radius 1 is 1.09 bits per heavy atom. The first-order valence-corrected chi connectivity index (χ1v) is 11.5. The van der Waals surface area contributed by atoms with Gasteiger partial charge in [0.2, 0.25) is 23.3 Å². The maximum Gasteiger partial charge on any atom is 0.240 e. The van der Waals surface area contributed by atoms with Crippen molar-refractivity contribution in [2.45, 2.75) is 56.9 Å². The number of rotatable bonds is 7. The zero-order valence-corrected chi connectivity index (χ0v) is 18.2. The second-order valence-electron chi connectivity index (χ2n) is 8.99. The average molecular weight is 441 g/mol. The van der Waals surface area contributed by atoms with Gasteiger partial charge in [-0.05, 0) is 59.6 Å². The van der Waals surface area contributed by atoms with Gasteiger partial charge < -0.3 is 4.52 Å². The molecule has 2 aromatic heterocycles. The van der Waals surface area contributed by atoms with Gasteiger partial charge in [-0.2, -0.15) is 9.78 Å². The van der Waals surface area contributed by atoms with E-state index in [1.807, 2.05) is 36.4 Å². The van der Waals surface area contributed by atoms with Crippen molar-refractivity contribution in [1.82, 2.24) is 30.3 Å². The molecular formula is C25H24N6O2. The van der Waals surface area contributed by atoms with E-state index < -0.39 is 0 Å². The maximum atomic E-state index is 12.9. The predicted octanol–water partition coefficient (Wildman–Crippen LogP) is 4.34. The molecule has 0 aliphatic heterocycles. The van der Waals surface area contributed by atoms with Crippen LogP contribution in [0.4, 0.5) is 0 Å². The highest BCUT2D eigenvalue weighted by molar-refractivity contribution is 5.92. The molecule has 8 nitrogen and oxygen atoms in total. The van der Waals surface area contributed by atoms with E-state index in [0.717, 1.165) is 42.7 Å². The molecule has 2 aliphatic rings. The summed E-state index contributed by atoms with van der Waals surface area (Å²) in [4.78, 5) is 18.9. The number of ketones is 1. The van der Waals surface area contributed by atoms with Gasteiger partial charge in [-0.1, -0.05) is 54.0 Å². The molecule has 0 bridgehead atoms. The summed E-state index contributed by atoms with van der Waals surface area (Å²) >= 11 is 0. The lowest BCUT2D eigenvalue weighted by atomic mass is 9.85. The molecular weight excluding hydrogens is 416 g/mol. The summed E-state index contributed by atoms with van der Waals surface area (Å²) in [5, 5.41) is 16.5. The van der Waals surface area contributed by atoms with E-state index in [-0.39, 0.29) is 17.5 Å². The molecule has 0 spiro atoms. The lowest BCUT2D eigenvalue weighted by Gasteiger charge is -2.20. The number of tetrazole rings is 1. The van der Waals surface area contributed by atoms with Crippen molar-refractivity contribution in [3.8, 4) is 11.4 Å². The standard InChI is InChI=1S/C25H24N6O2/c32-22(24-27-30-31(28-24)15-16-5-2-1-3-6-16)14-19-10-9-18-13-20(11-12-21(18)19)23-26-25(33-29-23)17-7-4-8-17/h1-3,5-6,11-13,17,19H,4,7-10,14-15H2/t19-/m0/s1. The molecule has 166 valence electrons. The Hall–Kier alpha value is -3.68. The molecule has 0 N–H and O–H groups in total. The van der Waals surface area contributed by atoms with Crippen molar-refractivity contribution in [2.24, 2.45) is 0 Å². The van der Waals surface area contributed by atoms with Crippen molar-refractivity contribution in [3.63, 3.8) is 0 Å². The second-order valence-corrected chi connectivity index (χ2v) is 8.99. The van der Waals surface area contributed by atoms with Crippen LogP contribution in [0.15, 0.2) is 53.1 Å². The summed E-state index contributed by atoms with van der Waals surface area (Å²) in [5.74, 6) is 2.12. The van der Waals surface area contributed by atoms with Gasteiger partial charge in [0.25, 0.3) is 0 Å². The number of nitrogens with zero attached hydrogens (tertiary/aromatic N) is 6. The normalized spacial score (nSPS) is 17.6. The minimum absolute atomic E-state index is 0.0699. The average Bonchev–Trinajstić information content (AvgIpc) is 3.54. The van der Waals surface area contributed by atoms with Gasteiger partial charge in [-0.15, -0.1) is 10.2 Å². The van der Waals surface area contributed by atoms with Crippen LogP contribution < -0.4 is 0 Å². The molecule has 4 aromatic rings. The molecule has 0 amide bonds. The number of benzene rings is 2. The molecule has 1 saturated carbocycles. The first kappa shape index (κ1) is 20.0. The summed E-state index contributed by atoms with van der Waals surface area (Å²) in [5.41, 5.74) is 4.50. The Morgan fingerprint density at radius 3 is 2.79 bits per heavy atom. The van der Waals surface area contributed by atoms with Gasteiger partial charge in [-0.25, -0.2) is 0 Å². The summed E-state index contributed by atoms with van der Waals surface area (Å²) in [6, 6.07) is 16.2. The van der Waals surface area contributed by atoms with E-state index in [0.29, 0.717) is 24.7 Å². The van der Waals surface area contributed by atoms with E-state index in [9.17, 15) is 4.79 Å². The zero-order chi connectivity index (χ0) is 22.2. The van der Waals surface area contributed by atoms with Gasteiger partial charge >= 0.3 is 0 Å². The minimum Gasteiger partial charge on any atom is -0.339 e. The molecule has 0 unspecified atom stereocenters. The fourth-order valence-corrected chi connectivity index (χ4v) is 4.71. The zero-order valence-electron chi connectivity index (χ0n) is 18.2. The lowest BCUT2D eigenvalue weighted by molar-refractivity contribution is 0.0963.